The van der Waals surface area contributed by atoms with Crippen LogP contribution in [0.5, 0.6) is 6.01 Å². The van der Waals surface area contributed by atoms with E-state index in [1.54, 1.807) is 4.57 Å². The quantitative estimate of drug-likeness (QED) is 0.339. The minimum absolute atomic E-state index is 0.180. The van der Waals surface area contributed by atoms with Gasteiger partial charge in [0.15, 0.2) is 11.5 Å². The molecule has 0 aliphatic carbocycles. The van der Waals surface area contributed by atoms with Crippen LogP contribution >= 0.6 is 0 Å². The monoisotopic (exact) mass is 593 g/mol. The Kier molecular flexibility index (Phi) is 9.59. The molecule has 2 aliphatic rings. The lowest BCUT2D eigenvalue weighted by Gasteiger charge is -2.40. The van der Waals surface area contributed by atoms with Gasteiger partial charge >= 0.3 is 17.8 Å². The van der Waals surface area contributed by atoms with Crippen molar-refractivity contribution in [3.05, 3.63) is 45.9 Å². The maximum atomic E-state index is 12.7. The van der Waals surface area contributed by atoms with Crippen molar-refractivity contribution in [1.82, 2.24) is 29.3 Å². The Bertz CT molecular complexity index is 1430. The number of nitrogen functional groups attached to an aromatic ring is 1. The molecule has 4 heterocycles. The van der Waals surface area contributed by atoms with Gasteiger partial charge in [-0.05, 0) is 88.9 Å². The number of ether oxygens (including phenoxy) is 2. The van der Waals surface area contributed by atoms with Crippen LogP contribution in [0.1, 0.15) is 77.3 Å². The summed E-state index contributed by atoms with van der Waals surface area (Å²) in [6, 6.07) is 8.65. The molecule has 1 aromatic carbocycles. The topological polar surface area (TPSA) is 132 Å². The number of H-pyrrole nitrogens is 1. The van der Waals surface area contributed by atoms with Crippen molar-refractivity contribution in [1.29, 1.82) is 0 Å². The number of anilines is 1. The number of carbonyl (C=O) groups excluding carboxylic acids is 1. The first-order valence-corrected chi connectivity index (χ1v) is 15.8. The number of hydrogen-bond acceptors (Lipinski definition) is 8. The molecule has 234 valence electrons. The van der Waals surface area contributed by atoms with Crippen LogP contribution < -0.4 is 16.2 Å². The molecule has 2 aromatic heterocycles. The molecule has 0 spiro atoms. The minimum Gasteiger partial charge on any atom is -0.463 e. The number of rotatable bonds is 9. The van der Waals surface area contributed by atoms with Crippen molar-refractivity contribution in [3.8, 4) is 6.01 Å². The Balaban J connectivity index is 1.11. The fourth-order valence-corrected chi connectivity index (χ4v) is 6.20. The summed E-state index contributed by atoms with van der Waals surface area (Å²) in [7, 11) is 0. The van der Waals surface area contributed by atoms with Gasteiger partial charge in [-0.25, -0.2) is 9.59 Å². The highest BCUT2D eigenvalue weighted by Crippen LogP contribution is 2.33. The van der Waals surface area contributed by atoms with E-state index in [-0.39, 0.29) is 23.6 Å². The molecule has 2 fully saturated rings. The van der Waals surface area contributed by atoms with Crippen molar-refractivity contribution in [3.63, 3.8) is 0 Å². The van der Waals surface area contributed by atoms with Crippen molar-refractivity contribution in [2.24, 2.45) is 11.8 Å². The second-order valence-electron chi connectivity index (χ2n) is 13.0. The Labute approximate surface area is 253 Å². The van der Waals surface area contributed by atoms with E-state index in [0.717, 1.165) is 69.9 Å². The van der Waals surface area contributed by atoms with Crippen LogP contribution in [0.15, 0.2) is 29.1 Å². The molecule has 2 aliphatic heterocycles. The molecule has 0 bridgehead atoms. The van der Waals surface area contributed by atoms with Gasteiger partial charge in [0.05, 0.1) is 13.2 Å². The van der Waals surface area contributed by atoms with Gasteiger partial charge in [-0.1, -0.05) is 37.6 Å². The molecule has 5 rings (SSSR count). The van der Waals surface area contributed by atoms with E-state index in [1.807, 2.05) is 25.7 Å². The SMILES string of the molecule is CCCCOc1nc(N)c2[nH]c(=O)n(Cc3ccc(CN4CCC(C5CCN(C(=O)OC(C)(C)C)CC5)CC4)cc3)c2n1. The van der Waals surface area contributed by atoms with E-state index in [9.17, 15) is 9.59 Å². The van der Waals surface area contributed by atoms with E-state index in [2.05, 4.69) is 51.0 Å². The van der Waals surface area contributed by atoms with E-state index in [1.165, 1.54) is 18.4 Å². The highest BCUT2D eigenvalue weighted by molar-refractivity contribution is 5.82. The number of fused-ring (bicyclic) bond motifs is 1. The summed E-state index contributed by atoms with van der Waals surface area (Å²) in [5.41, 5.74) is 8.52. The fraction of sp³-hybridized carbons (Fsp3) is 0.625. The molecule has 11 nitrogen and oxygen atoms in total. The van der Waals surface area contributed by atoms with Crippen LogP contribution in [0.3, 0.4) is 0 Å². The zero-order chi connectivity index (χ0) is 30.6. The zero-order valence-corrected chi connectivity index (χ0v) is 26.1. The average Bonchev–Trinajstić information content (AvgIpc) is 3.29. The summed E-state index contributed by atoms with van der Waals surface area (Å²) in [5.74, 6) is 1.62. The Morgan fingerprint density at radius 3 is 2.19 bits per heavy atom. The third-order valence-corrected chi connectivity index (χ3v) is 8.62. The van der Waals surface area contributed by atoms with Gasteiger partial charge in [0, 0.05) is 19.6 Å². The molecule has 3 N–H and O–H groups in total. The summed E-state index contributed by atoms with van der Waals surface area (Å²) in [6.07, 6.45) is 6.25. The van der Waals surface area contributed by atoms with Crippen LogP contribution in [0, 0.1) is 11.8 Å². The van der Waals surface area contributed by atoms with Gasteiger partial charge in [0.2, 0.25) is 0 Å². The normalized spacial score (nSPS) is 17.4. The van der Waals surface area contributed by atoms with Crippen LogP contribution in [0.25, 0.3) is 11.2 Å². The molecule has 3 aromatic rings. The number of carbonyl (C=O) groups is 1. The number of aromatic nitrogens is 4. The first kappa shape index (κ1) is 30.8. The van der Waals surface area contributed by atoms with Crippen molar-refractivity contribution in [2.75, 3.05) is 38.5 Å². The zero-order valence-electron chi connectivity index (χ0n) is 26.1. The first-order valence-electron chi connectivity index (χ1n) is 15.8. The highest BCUT2D eigenvalue weighted by atomic mass is 16.6. The first-order chi connectivity index (χ1) is 20.6. The molecule has 0 radical (unpaired) electrons. The summed E-state index contributed by atoms with van der Waals surface area (Å²) in [5, 5.41) is 0. The largest absolute Gasteiger partial charge is 0.463 e. The number of nitrogens with two attached hydrogens (primary N) is 1. The summed E-state index contributed by atoms with van der Waals surface area (Å²) in [4.78, 5) is 41.0. The van der Waals surface area contributed by atoms with Gasteiger partial charge in [0.1, 0.15) is 11.1 Å². The molecule has 43 heavy (non-hydrogen) atoms. The van der Waals surface area contributed by atoms with Crippen LogP contribution in [0.2, 0.25) is 0 Å². The lowest BCUT2D eigenvalue weighted by molar-refractivity contribution is 0.0134. The molecular formula is C32H47N7O4. The van der Waals surface area contributed by atoms with Gasteiger partial charge in [0.25, 0.3) is 0 Å². The Morgan fingerprint density at radius 1 is 0.977 bits per heavy atom. The number of imidazole rings is 1. The second-order valence-corrected chi connectivity index (χ2v) is 13.0. The molecular weight excluding hydrogens is 546 g/mol. The van der Waals surface area contributed by atoms with Crippen LogP contribution in [-0.4, -0.2) is 73.8 Å². The van der Waals surface area contributed by atoms with E-state index in [0.29, 0.717) is 30.2 Å². The number of aromatic amines is 1. The minimum atomic E-state index is -0.449. The summed E-state index contributed by atoms with van der Waals surface area (Å²) >= 11 is 0. The van der Waals surface area contributed by atoms with Gasteiger partial charge in [-0.2, -0.15) is 9.97 Å². The molecule has 11 heteroatoms. The maximum absolute atomic E-state index is 12.7. The molecule has 2 saturated heterocycles. The molecule has 0 saturated carbocycles. The van der Waals surface area contributed by atoms with Crippen molar-refractivity contribution < 1.29 is 14.3 Å². The molecule has 0 atom stereocenters. The lowest BCUT2D eigenvalue weighted by atomic mass is 9.79. The van der Waals surface area contributed by atoms with Crippen molar-refractivity contribution in [2.45, 2.75) is 84.9 Å². The number of benzene rings is 1. The van der Waals surface area contributed by atoms with Gasteiger partial charge in [-0.15, -0.1) is 0 Å². The number of likely N-dealkylation sites (tertiary alicyclic amines) is 2. The fourth-order valence-electron chi connectivity index (χ4n) is 6.20. The number of unbranched alkanes of at least 4 members (excludes halogenated alkanes) is 1. The standard InChI is InChI=1S/C32H47N7O4/c1-5-6-19-42-29-35-27(33)26-28(36-29)39(30(40)34-26)21-23-9-7-22(8-10-23)20-37-15-11-24(12-16-37)25-13-17-38(18-14-25)31(41)43-32(2,3)4/h7-10,24-25H,5-6,11-21H2,1-4H3,(H,34,40)(H2,33,35,36). The third-order valence-electron chi connectivity index (χ3n) is 8.62. The third kappa shape index (κ3) is 7.87. The number of amides is 1. The predicted octanol–water partition coefficient (Wildman–Crippen LogP) is 4.79. The Morgan fingerprint density at radius 2 is 1.58 bits per heavy atom. The average molecular weight is 594 g/mol. The molecule has 1 amide bonds. The predicted molar refractivity (Wildman–Crippen MR) is 167 cm³/mol. The van der Waals surface area contributed by atoms with Gasteiger partial charge in [-0.3, -0.25) is 9.47 Å². The number of nitrogens with zero attached hydrogens (tertiary/aromatic N) is 5. The second kappa shape index (κ2) is 13.4. The van der Waals surface area contributed by atoms with E-state index in [4.69, 9.17) is 15.2 Å². The number of hydrogen-bond donors (Lipinski definition) is 2. The van der Waals surface area contributed by atoms with Crippen molar-refractivity contribution >= 4 is 23.1 Å². The van der Waals surface area contributed by atoms with Crippen LogP contribution in [-0.2, 0) is 17.8 Å². The molecule has 0 unspecified atom stereocenters. The Hall–Kier alpha value is -3.60. The number of piperidine rings is 2. The maximum Gasteiger partial charge on any atom is 0.410 e. The summed E-state index contributed by atoms with van der Waals surface area (Å²) in [6.45, 7) is 13.4. The van der Waals surface area contributed by atoms with E-state index < -0.39 is 5.60 Å². The van der Waals surface area contributed by atoms with E-state index >= 15 is 0 Å². The smallest absolute Gasteiger partial charge is 0.410 e. The van der Waals surface area contributed by atoms with Crippen LogP contribution in [0.4, 0.5) is 10.6 Å². The highest BCUT2D eigenvalue weighted by Gasteiger charge is 2.32. The summed E-state index contributed by atoms with van der Waals surface area (Å²) < 4.78 is 12.8. The number of nitrogens with one attached hydrogen (secondary N) is 1. The van der Waals surface area contributed by atoms with Gasteiger partial charge < -0.3 is 25.1 Å². The lowest BCUT2D eigenvalue weighted by Crippen LogP contribution is -2.44.